The summed E-state index contributed by atoms with van der Waals surface area (Å²) < 4.78 is 0. The maximum absolute atomic E-state index is 4.50. The van der Waals surface area contributed by atoms with Crippen LogP contribution in [0.25, 0.3) is 11.1 Å². The van der Waals surface area contributed by atoms with Crippen LogP contribution in [0.2, 0.25) is 0 Å². The van der Waals surface area contributed by atoms with Crippen molar-refractivity contribution in [3.05, 3.63) is 109 Å². The van der Waals surface area contributed by atoms with Crippen molar-refractivity contribution in [1.29, 1.82) is 0 Å². The number of hydrogen-bond donors (Lipinski definition) is 0. The van der Waals surface area contributed by atoms with Crippen LogP contribution in [0.4, 0.5) is 11.4 Å². The fourth-order valence-corrected chi connectivity index (χ4v) is 2.68. The van der Waals surface area contributed by atoms with Gasteiger partial charge in [-0.05, 0) is 70.8 Å². The van der Waals surface area contributed by atoms with Crippen molar-refractivity contribution < 1.29 is 0 Å². The zero-order chi connectivity index (χ0) is 19.0. The normalized spacial score (nSPS) is 11.3. The molecule has 4 aromatic rings. The van der Waals surface area contributed by atoms with Gasteiger partial charge in [0.1, 0.15) is 0 Å². The molecule has 0 aliphatic rings. The molecule has 0 radical (unpaired) electrons. The summed E-state index contributed by atoms with van der Waals surface area (Å²) in [4.78, 5) is 17.0. The van der Waals surface area contributed by atoms with Gasteiger partial charge in [0.2, 0.25) is 0 Å². The van der Waals surface area contributed by atoms with Gasteiger partial charge in [0.15, 0.2) is 0 Å². The molecule has 134 valence electrons. The predicted molar refractivity (Wildman–Crippen MR) is 115 cm³/mol. The number of aliphatic imine (C=N–C) groups is 2. The molecule has 2 aromatic carbocycles. The van der Waals surface area contributed by atoms with Crippen molar-refractivity contribution in [2.45, 2.75) is 0 Å². The molecule has 0 unspecified atom stereocenters. The maximum Gasteiger partial charge on any atom is 0.0630 e. The molecule has 4 rings (SSSR count). The largest absolute Gasteiger partial charge is 0.265 e. The Balaban J connectivity index is 1.44. The van der Waals surface area contributed by atoms with E-state index < -0.39 is 0 Å². The number of pyridine rings is 2. The van der Waals surface area contributed by atoms with Gasteiger partial charge in [-0.3, -0.25) is 20.0 Å². The first-order chi connectivity index (χ1) is 13.9. The summed E-state index contributed by atoms with van der Waals surface area (Å²) in [6.45, 7) is 0. The second-order valence-electron chi connectivity index (χ2n) is 6.17. The molecule has 0 atom stereocenters. The van der Waals surface area contributed by atoms with Crippen LogP contribution < -0.4 is 0 Å². The Morgan fingerprint density at radius 2 is 0.821 bits per heavy atom. The number of rotatable bonds is 5. The van der Waals surface area contributed by atoms with Crippen molar-refractivity contribution in [2.24, 2.45) is 9.98 Å². The van der Waals surface area contributed by atoms with Gasteiger partial charge in [-0.25, -0.2) is 0 Å². The third kappa shape index (κ3) is 4.62. The van der Waals surface area contributed by atoms with Gasteiger partial charge < -0.3 is 0 Å². The number of benzene rings is 2. The third-order valence-electron chi connectivity index (χ3n) is 4.21. The molecule has 0 N–H and O–H groups in total. The van der Waals surface area contributed by atoms with Crippen molar-refractivity contribution in [1.82, 2.24) is 9.97 Å². The van der Waals surface area contributed by atoms with Crippen molar-refractivity contribution >= 4 is 23.8 Å². The minimum atomic E-state index is 0.916. The highest BCUT2D eigenvalue weighted by molar-refractivity contribution is 5.82. The zero-order valence-electron chi connectivity index (χ0n) is 15.2. The average Bonchev–Trinajstić information content (AvgIpc) is 2.78. The quantitative estimate of drug-likeness (QED) is 0.431. The van der Waals surface area contributed by atoms with E-state index in [0.29, 0.717) is 0 Å². The van der Waals surface area contributed by atoms with Gasteiger partial charge >= 0.3 is 0 Å². The van der Waals surface area contributed by atoms with Crippen LogP contribution >= 0.6 is 0 Å². The van der Waals surface area contributed by atoms with Crippen LogP contribution in [0, 0.1) is 0 Å². The Morgan fingerprint density at radius 1 is 0.464 bits per heavy atom. The Kier molecular flexibility index (Phi) is 5.40. The first-order valence-corrected chi connectivity index (χ1v) is 8.95. The standard InChI is InChI=1S/C24H18N4/c1-5-23(27-17-19-9-13-25-14-10-19)6-2-21(1)22-3-7-24(8-4-22)28-18-20-11-15-26-16-12-20/h1-18H/b27-17+,28-18+. The van der Waals surface area contributed by atoms with Crippen LogP contribution in [-0.2, 0) is 0 Å². The molecule has 2 aromatic heterocycles. The smallest absolute Gasteiger partial charge is 0.0630 e. The summed E-state index contributed by atoms with van der Waals surface area (Å²) in [5.74, 6) is 0. The fraction of sp³-hybridized carbons (Fsp3) is 0. The molecule has 0 saturated carbocycles. The van der Waals surface area contributed by atoms with Crippen LogP contribution in [0.1, 0.15) is 11.1 Å². The van der Waals surface area contributed by atoms with E-state index in [9.17, 15) is 0 Å². The summed E-state index contributed by atoms with van der Waals surface area (Å²) in [6, 6.07) is 24.1. The summed E-state index contributed by atoms with van der Waals surface area (Å²) >= 11 is 0. The third-order valence-corrected chi connectivity index (χ3v) is 4.21. The molecule has 0 spiro atoms. The van der Waals surface area contributed by atoms with E-state index in [1.807, 2.05) is 61.0 Å². The highest BCUT2D eigenvalue weighted by Crippen LogP contribution is 2.25. The first-order valence-electron chi connectivity index (χ1n) is 8.95. The van der Waals surface area contributed by atoms with Crippen molar-refractivity contribution in [3.8, 4) is 11.1 Å². The predicted octanol–water partition coefficient (Wildman–Crippen LogP) is 5.64. The molecule has 4 heteroatoms. The summed E-state index contributed by atoms with van der Waals surface area (Å²) in [5.41, 5.74) is 6.18. The molecule has 4 nitrogen and oxygen atoms in total. The molecular weight excluding hydrogens is 344 g/mol. The van der Waals surface area contributed by atoms with Crippen LogP contribution in [-0.4, -0.2) is 22.4 Å². The summed E-state index contributed by atoms with van der Waals surface area (Å²) in [6.07, 6.45) is 10.7. The van der Waals surface area contributed by atoms with E-state index >= 15 is 0 Å². The average molecular weight is 362 g/mol. The Hall–Kier alpha value is -3.92. The topological polar surface area (TPSA) is 50.5 Å². The highest BCUT2D eigenvalue weighted by Gasteiger charge is 1.98. The van der Waals surface area contributed by atoms with Gasteiger partial charge in [-0.15, -0.1) is 0 Å². The molecule has 0 aliphatic carbocycles. The molecule has 0 fully saturated rings. The zero-order valence-corrected chi connectivity index (χ0v) is 15.2. The number of hydrogen-bond acceptors (Lipinski definition) is 4. The van der Waals surface area contributed by atoms with Crippen LogP contribution in [0.15, 0.2) is 108 Å². The van der Waals surface area contributed by atoms with Crippen LogP contribution in [0.3, 0.4) is 0 Å². The van der Waals surface area contributed by atoms with Gasteiger partial charge in [0, 0.05) is 37.2 Å². The van der Waals surface area contributed by atoms with Gasteiger partial charge in [0.05, 0.1) is 11.4 Å². The van der Waals surface area contributed by atoms with Gasteiger partial charge in [-0.2, -0.15) is 0 Å². The van der Waals surface area contributed by atoms with Crippen LogP contribution in [0.5, 0.6) is 0 Å². The van der Waals surface area contributed by atoms with Gasteiger partial charge in [0.25, 0.3) is 0 Å². The van der Waals surface area contributed by atoms with E-state index in [-0.39, 0.29) is 0 Å². The van der Waals surface area contributed by atoms with Crippen molar-refractivity contribution in [3.63, 3.8) is 0 Å². The molecular formula is C24H18N4. The second kappa shape index (κ2) is 8.64. The lowest BCUT2D eigenvalue weighted by Crippen LogP contribution is -1.81. The lowest BCUT2D eigenvalue weighted by atomic mass is 10.1. The summed E-state index contributed by atoms with van der Waals surface area (Å²) in [7, 11) is 0. The molecule has 0 aliphatic heterocycles. The molecule has 0 amide bonds. The SMILES string of the molecule is C(=N\c1ccc(-c2ccc(/N=C/c3ccncc3)cc2)cc1)/c1ccncc1. The number of nitrogens with zero attached hydrogens (tertiary/aromatic N) is 4. The lowest BCUT2D eigenvalue weighted by Gasteiger charge is -2.03. The van der Waals surface area contributed by atoms with E-state index in [1.165, 1.54) is 0 Å². The summed E-state index contributed by atoms with van der Waals surface area (Å²) in [5, 5.41) is 0. The molecule has 2 heterocycles. The van der Waals surface area contributed by atoms with Gasteiger partial charge in [-0.1, -0.05) is 24.3 Å². The Labute approximate surface area is 164 Å². The maximum atomic E-state index is 4.50. The van der Waals surface area contributed by atoms with E-state index in [0.717, 1.165) is 33.6 Å². The van der Waals surface area contributed by atoms with E-state index in [4.69, 9.17) is 0 Å². The minimum Gasteiger partial charge on any atom is -0.265 e. The highest BCUT2D eigenvalue weighted by atomic mass is 14.7. The van der Waals surface area contributed by atoms with E-state index in [2.05, 4.69) is 44.2 Å². The Morgan fingerprint density at radius 3 is 1.18 bits per heavy atom. The monoisotopic (exact) mass is 362 g/mol. The lowest BCUT2D eigenvalue weighted by molar-refractivity contribution is 1.32. The second-order valence-corrected chi connectivity index (χ2v) is 6.17. The van der Waals surface area contributed by atoms with Crippen molar-refractivity contribution in [2.75, 3.05) is 0 Å². The molecule has 28 heavy (non-hydrogen) atoms. The fourth-order valence-electron chi connectivity index (χ4n) is 2.68. The molecule has 0 saturated heterocycles. The minimum absolute atomic E-state index is 0.916. The molecule has 0 bridgehead atoms. The first kappa shape index (κ1) is 17.5. The van der Waals surface area contributed by atoms with E-state index in [1.54, 1.807) is 24.8 Å². The number of aromatic nitrogens is 2. The Bertz CT molecular complexity index is 978.